The van der Waals surface area contributed by atoms with Crippen LogP contribution >= 0.6 is 0 Å². The molecule has 4 atom stereocenters. The van der Waals surface area contributed by atoms with Crippen molar-refractivity contribution >= 4 is 5.91 Å². The first kappa shape index (κ1) is 16.7. The van der Waals surface area contributed by atoms with E-state index in [1.807, 2.05) is 17.0 Å². The molecule has 1 aliphatic carbocycles. The molecule has 3 heterocycles. The lowest BCUT2D eigenvalue weighted by Crippen LogP contribution is -2.44. The summed E-state index contributed by atoms with van der Waals surface area (Å²) in [7, 11) is 0. The molecule has 0 spiro atoms. The number of pyridine rings is 1. The van der Waals surface area contributed by atoms with E-state index in [4.69, 9.17) is 9.47 Å². The molecule has 2 fully saturated rings. The van der Waals surface area contributed by atoms with Crippen LogP contribution in [0.4, 0.5) is 0 Å². The summed E-state index contributed by atoms with van der Waals surface area (Å²) in [4.78, 5) is 18.9. The van der Waals surface area contributed by atoms with Crippen molar-refractivity contribution < 1.29 is 14.3 Å². The van der Waals surface area contributed by atoms with Gasteiger partial charge < -0.3 is 14.4 Å². The van der Waals surface area contributed by atoms with Crippen molar-refractivity contribution in [3.8, 4) is 0 Å². The molecule has 1 unspecified atom stereocenters. The molecule has 25 heavy (non-hydrogen) atoms. The summed E-state index contributed by atoms with van der Waals surface area (Å²) in [5.74, 6) is 0.666. The van der Waals surface area contributed by atoms with Crippen LogP contribution in [0.15, 0.2) is 36.7 Å². The highest BCUT2D eigenvalue weighted by Crippen LogP contribution is 2.33. The van der Waals surface area contributed by atoms with Gasteiger partial charge in [-0.15, -0.1) is 0 Å². The third-order valence-corrected chi connectivity index (χ3v) is 5.56. The number of aromatic nitrogens is 1. The summed E-state index contributed by atoms with van der Waals surface area (Å²) in [5.41, 5.74) is 1.10. The lowest BCUT2D eigenvalue weighted by molar-refractivity contribution is -0.135. The van der Waals surface area contributed by atoms with Gasteiger partial charge in [-0.1, -0.05) is 12.2 Å². The summed E-state index contributed by atoms with van der Waals surface area (Å²) in [6.45, 7) is 1.95. The first-order valence-corrected chi connectivity index (χ1v) is 9.39. The van der Waals surface area contributed by atoms with Crippen LogP contribution < -0.4 is 0 Å². The number of hydrogen-bond donors (Lipinski definition) is 0. The third-order valence-electron chi connectivity index (χ3n) is 5.56. The van der Waals surface area contributed by atoms with E-state index < -0.39 is 0 Å². The van der Waals surface area contributed by atoms with E-state index in [0.717, 1.165) is 37.9 Å². The molecule has 5 heteroatoms. The van der Waals surface area contributed by atoms with Crippen molar-refractivity contribution in [2.45, 2.75) is 57.0 Å². The van der Waals surface area contributed by atoms with E-state index in [0.29, 0.717) is 25.5 Å². The minimum absolute atomic E-state index is 0.0126. The number of carbonyl (C=O) groups is 1. The van der Waals surface area contributed by atoms with E-state index >= 15 is 0 Å². The van der Waals surface area contributed by atoms with Gasteiger partial charge in [0.25, 0.3) is 0 Å². The number of likely N-dealkylation sites (tertiary alicyclic amines) is 1. The molecular formula is C20H26N2O3. The number of nitrogens with zero attached hydrogens (tertiary/aromatic N) is 2. The molecular weight excluding hydrogens is 316 g/mol. The lowest BCUT2D eigenvalue weighted by atomic mass is 10.0. The number of hydrogen-bond acceptors (Lipinski definition) is 4. The predicted molar refractivity (Wildman–Crippen MR) is 93.8 cm³/mol. The molecule has 0 bridgehead atoms. The zero-order valence-corrected chi connectivity index (χ0v) is 14.5. The molecule has 0 saturated carbocycles. The molecule has 0 aromatic carbocycles. The second-order valence-corrected chi connectivity index (χ2v) is 7.27. The topological polar surface area (TPSA) is 51.7 Å². The number of rotatable bonds is 5. The molecule has 1 aromatic heterocycles. The van der Waals surface area contributed by atoms with Gasteiger partial charge in [-0.3, -0.25) is 9.78 Å². The predicted octanol–water partition coefficient (Wildman–Crippen LogP) is 2.71. The SMILES string of the molecule is O=C(CC1C=CCC1)N1C[C@H](OCc2ccncc2)[C@H]2OCCC[C@H]21. The van der Waals surface area contributed by atoms with Crippen molar-refractivity contribution in [3.63, 3.8) is 0 Å². The van der Waals surface area contributed by atoms with Gasteiger partial charge >= 0.3 is 0 Å². The Hall–Kier alpha value is -1.72. The fourth-order valence-corrected chi connectivity index (χ4v) is 4.23. The summed E-state index contributed by atoms with van der Waals surface area (Å²) in [6, 6.07) is 4.10. The Kier molecular flexibility index (Phi) is 5.13. The Morgan fingerprint density at radius 1 is 1.32 bits per heavy atom. The van der Waals surface area contributed by atoms with Crippen molar-refractivity contribution in [3.05, 3.63) is 42.2 Å². The number of fused-ring (bicyclic) bond motifs is 1. The van der Waals surface area contributed by atoms with Crippen LogP contribution in [0, 0.1) is 5.92 Å². The quantitative estimate of drug-likeness (QED) is 0.772. The van der Waals surface area contributed by atoms with Crippen LogP contribution in [-0.2, 0) is 20.9 Å². The van der Waals surface area contributed by atoms with Gasteiger partial charge in [0.15, 0.2) is 0 Å². The first-order chi connectivity index (χ1) is 12.3. The van der Waals surface area contributed by atoms with E-state index in [1.165, 1.54) is 0 Å². The summed E-state index contributed by atoms with van der Waals surface area (Å²) in [6.07, 6.45) is 12.8. The van der Waals surface area contributed by atoms with Gasteiger partial charge in [0.05, 0.1) is 12.6 Å². The maximum absolute atomic E-state index is 12.8. The van der Waals surface area contributed by atoms with Crippen molar-refractivity contribution in [1.82, 2.24) is 9.88 Å². The number of allylic oxidation sites excluding steroid dienone is 2. The van der Waals surface area contributed by atoms with Gasteiger partial charge in [0, 0.05) is 32.0 Å². The van der Waals surface area contributed by atoms with Crippen molar-refractivity contribution in [2.24, 2.45) is 5.92 Å². The van der Waals surface area contributed by atoms with E-state index in [2.05, 4.69) is 17.1 Å². The summed E-state index contributed by atoms with van der Waals surface area (Å²) >= 11 is 0. The summed E-state index contributed by atoms with van der Waals surface area (Å²) < 4.78 is 12.2. The maximum Gasteiger partial charge on any atom is 0.223 e. The summed E-state index contributed by atoms with van der Waals surface area (Å²) in [5, 5.41) is 0. The van der Waals surface area contributed by atoms with E-state index in [9.17, 15) is 4.79 Å². The van der Waals surface area contributed by atoms with Crippen LogP contribution in [0.5, 0.6) is 0 Å². The van der Waals surface area contributed by atoms with Gasteiger partial charge in [0.1, 0.15) is 12.2 Å². The highest BCUT2D eigenvalue weighted by atomic mass is 16.5. The monoisotopic (exact) mass is 342 g/mol. The Labute approximate surface area is 149 Å². The molecule has 4 rings (SSSR count). The molecule has 0 radical (unpaired) electrons. The molecule has 1 aromatic rings. The minimum Gasteiger partial charge on any atom is -0.373 e. The lowest BCUT2D eigenvalue weighted by Gasteiger charge is -2.32. The zero-order chi connectivity index (χ0) is 17.1. The number of carbonyl (C=O) groups excluding carboxylic acids is 1. The fourth-order valence-electron chi connectivity index (χ4n) is 4.23. The number of ether oxygens (including phenoxy) is 2. The average molecular weight is 342 g/mol. The second-order valence-electron chi connectivity index (χ2n) is 7.27. The smallest absolute Gasteiger partial charge is 0.223 e. The Morgan fingerprint density at radius 3 is 3.00 bits per heavy atom. The zero-order valence-electron chi connectivity index (χ0n) is 14.5. The van der Waals surface area contributed by atoms with Crippen LogP contribution in [0.2, 0.25) is 0 Å². The van der Waals surface area contributed by atoms with Gasteiger partial charge in [0.2, 0.25) is 5.91 Å². The normalized spacial score (nSPS) is 31.3. The van der Waals surface area contributed by atoms with Crippen LogP contribution in [0.1, 0.15) is 37.7 Å². The van der Waals surface area contributed by atoms with Gasteiger partial charge in [-0.05, 0) is 49.3 Å². The largest absolute Gasteiger partial charge is 0.373 e. The van der Waals surface area contributed by atoms with Crippen LogP contribution in [0.3, 0.4) is 0 Å². The molecule has 134 valence electrons. The maximum atomic E-state index is 12.8. The highest BCUT2D eigenvalue weighted by molar-refractivity contribution is 5.77. The molecule has 2 saturated heterocycles. The first-order valence-electron chi connectivity index (χ1n) is 9.39. The third kappa shape index (κ3) is 3.77. The average Bonchev–Trinajstić information content (AvgIpc) is 3.28. The van der Waals surface area contributed by atoms with Crippen molar-refractivity contribution in [1.29, 1.82) is 0 Å². The van der Waals surface area contributed by atoms with Crippen LogP contribution in [0.25, 0.3) is 0 Å². The van der Waals surface area contributed by atoms with Gasteiger partial charge in [-0.25, -0.2) is 0 Å². The molecule has 5 nitrogen and oxygen atoms in total. The highest BCUT2D eigenvalue weighted by Gasteiger charge is 2.46. The van der Waals surface area contributed by atoms with E-state index in [1.54, 1.807) is 12.4 Å². The van der Waals surface area contributed by atoms with Gasteiger partial charge in [-0.2, -0.15) is 0 Å². The standard InChI is InChI=1S/C20H26N2O3/c23-19(12-15-4-1-2-5-15)22-13-18(20-17(22)6-3-11-24-20)25-14-16-7-9-21-10-8-16/h1,4,7-10,15,17-18,20H,2-3,5-6,11-14H2/t15?,17-,18+,20+/m1/s1. The fraction of sp³-hybridized carbons (Fsp3) is 0.600. The minimum atomic E-state index is -0.0402. The molecule has 2 aliphatic heterocycles. The number of amides is 1. The Bertz CT molecular complexity index is 619. The van der Waals surface area contributed by atoms with Crippen molar-refractivity contribution in [2.75, 3.05) is 13.2 Å². The Balaban J connectivity index is 1.40. The van der Waals surface area contributed by atoms with Crippen LogP contribution in [-0.4, -0.2) is 47.2 Å². The second kappa shape index (κ2) is 7.67. The Morgan fingerprint density at radius 2 is 2.20 bits per heavy atom. The molecule has 0 N–H and O–H groups in total. The molecule has 1 amide bonds. The van der Waals surface area contributed by atoms with E-state index in [-0.39, 0.29) is 24.2 Å². The molecule has 3 aliphatic rings.